The summed E-state index contributed by atoms with van der Waals surface area (Å²) in [6.45, 7) is 2.51. The van der Waals surface area contributed by atoms with Gasteiger partial charge in [0.15, 0.2) is 17.8 Å². The van der Waals surface area contributed by atoms with Gasteiger partial charge in [-0.25, -0.2) is 0 Å². The summed E-state index contributed by atoms with van der Waals surface area (Å²) in [6, 6.07) is 3.31. The van der Waals surface area contributed by atoms with E-state index < -0.39 is 6.10 Å². The van der Waals surface area contributed by atoms with Gasteiger partial charge >= 0.3 is 0 Å². The molecule has 1 aromatic carbocycles. The molecule has 1 heterocycles. The van der Waals surface area contributed by atoms with Gasteiger partial charge in [0.1, 0.15) is 13.2 Å². The third kappa shape index (κ3) is 1.68. The average Bonchev–Trinajstić information content (AvgIpc) is 2.27. The first-order valence-electron chi connectivity index (χ1n) is 4.79. The first-order chi connectivity index (χ1) is 7.24. The average molecular weight is 208 g/mol. The van der Waals surface area contributed by atoms with Gasteiger partial charge in [-0.2, -0.15) is 0 Å². The molecule has 1 aliphatic heterocycles. The van der Waals surface area contributed by atoms with E-state index >= 15 is 0 Å². The number of aldehydes is 1. The normalized spacial score (nSPS) is 15.9. The van der Waals surface area contributed by atoms with E-state index in [2.05, 4.69) is 0 Å². The number of ether oxygens (including phenoxy) is 2. The Bertz CT molecular complexity index is 384. The molecule has 0 spiro atoms. The highest BCUT2D eigenvalue weighted by Crippen LogP contribution is 2.39. The van der Waals surface area contributed by atoms with Crippen molar-refractivity contribution >= 4 is 6.29 Å². The molecular formula is C11H12O4. The van der Waals surface area contributed by atoms with Gasteiger partial charge in [-0.3, -0.25) is 4.79 Å². The largest absolute Gasteiger partial charge is 0.486 e. The fourth-order valence-corrected chi connectivity index (χ4v) is 1.60. The van der Waals surface area contributed by atoms with Crippen LogP contribution in [0.2, 0.25) is 0 Å². The molecule has 2 rings (SSSR count). The van der Waals surface area contributed by atoms with Crippen LogP contribution in [-0.4, -0.2) is 24.6 Å². The van der Waals surface area contributed by atoms with Crippen LogP contribution >= 0.6 is 0 Å². The van der Waals surface area contributed by atoms with Crippen LogP contribution in [0.4, 0.5) is 0 Å². The minimum Gasteiger partial charge on any atom is -0.486 e. The molecule has 0 radical (unpaired) electrons. The van der Waals surface area contributed by atoms with Crippen molar-refractivity contribution in [3.05, 3.63) is 23.3 Å². The first-order valence-corrected chi connectivity index (χ1v) is 4.79. The molecule has 0 aliphatic carbocycles. The Hall–Kier alpha value is -1.55. The van der Waals surface area contributed by atoms with Crippen LogP contribution < -0.4 is 9.47 Å². The smallest absolute Gasteiger partial charge is 0.172 e. The fraction of sp³-hybridized carbons (Fsp3) is 0.364. The summed E-state index contributed by atoms with van der Waals surface area (Å²) in [4.78, 5) is 10.8. The molecule has 1 aliphatic rings. The second kappa shape index (κ2) is 3.90. The number of aliphatic hydroxyl groups is 1. The molecule has 1 unspecified atom stereocenters. The fourth-order valence-electron chi connectivity index (χ4n) is 1.60. The van der Waals surface area contributed by atoms with Gasteiger partial charge in [0.25, 0.3) is 0 Å². The lowest BCUT2D eigenvalue weighted by Gasteiger charge is -2.23. The van der Waals surface area contributed by atoms with Crippen molar-refractivity contribution in [2.24, 2.45) is 0 Å². The molecule has 1 atom stereocenters. The zero-order valence-corrected chi connectivity index (χ0v) is 8.40. The summed E-state index contributed by atoms with van der Waals surface area (Å²) in [7, 11) is 0. The summed E-state index contributed by atoms with van der Waals surface area (Å²) in [5.41, 5.74) is 1.10. The number of benzene rings is 1. The highest BCUT2D eigenvalue weighted by molar-refractivity contribution is 5.82. The topological polar surface area (TPSA) is 55.8 Å². The van der Waals surface area contributed by atoms with E-state index in [9.17, 15) is 9.90 Å². The minimum atomic E-state index is -0.638. The Morgan fingerprint density at radius 2 is 2.00 bits per heavy atom. The van der Waals surface area contributed by atoms with E-state index in [1.165, 1.54) is 0 Å². The second-order valence-corrected chi connectivity index (χ2v) is 3.39. The molecule has 1 aromatic rings. The number of carbonyl (C=O) groups is 1. The molecule has 80 valence electrons. The second-order valence-electron chi connectivity index (χ2n) is 3.39. The molecular weight excluding hydrogens is 196 g/mol. The van der Waals surface area contributed by atoms with E-state index in [1.807, 2.05) is 0 Å². The Morgan fingerprint density at radius 3 is 2.60 bits per heavy atom. The predicted molar refractivity (Wildman–Crippen MR) is 53.5 cm³/mol. The van der Waals surface area contributed by atoms with Crippen molar-refractivity contribution < 1.29 is 19.4 Å². The molecule has 1 N–H and O–H groups in total. The van der Waals surface area contributed by atoms with Crippen LogP contribution in [0.5, 0.6) is 11.5 Å². The van der Waals surface area contributed by atoms with Gasteiger partial charge in [-0.1, -0.05) is 6.07 Å². The van der Waals surface area contributed by atoms with Crippen LogP contribution in [-0.2, 0) is 0 Å². The Morgan fingerprint density at radius 1 is 1.33 bits per heavy atom. The van der Waals surface area contributed by atoms with Crippen molar-refractivity contribution in [1.29, 1.82) is 0 Å². The monoisotopic (exact) mass is 208 g/mol. The minimum absolute atomic E-state index is 0.428. The van der Waals surface area contributed by atoms with Crippen molar-refractivity contribution in [3.8, 4) is 11.5 Å². The van der Waals surface area contributed by atoms with Crippen molar-refractivity contribution in [2.75, 3.05) is 13.2 Å². The standard InChI is InChI=1S/C11H12O4/c1-7(13)9-3-2-8(6-12)10-11(9)15-5-4-14-10/h2-3,6-7,13H,4-5H2,1H3. The van der Waals surface area contributed by atoms with E-state index in [4.69, 9.17) is 9.47 Å². The maximum Gasteiger partial charge on any atom is 0.172 e. The van der Waals surface area contributed by atoms with Crippen LogP contribution in [0.15, 0.2) is 12.1 Å². The lowest BCUT2D eigenvalue weighted by atomic mass is 10.0. The lowest BCUT2D eigenvalue weighted by molar-refractivity contribution is 0.110. The maximum absolute atomic E-state index is 10.8. The molecule has 4 nitrogen and oxygen atoms in total. The van der Waals surface area contributed by atoms with Gasteiger partial charge < -0.3 is 14.6 Å². The van der Waals surface area contributed by atoms with E-state index in [0.717, 1.165) is 6.29 Å². The molecule has 0 aromatic heterocycles. The number of aliphatic hydroxyl groups excluding tert-OH is 1. The van der Waals surface area contributed by atoms with E-state index in [0.29, 0.717) is 35.8 Å². The lowest BCUT2D eigenvalue weighted by Crippen LogP contribution is -2.18. The number of carbonyl (C=O) groups excluding carboxylic acids is 1. The molecule has 0 saturated heterocycles. The van der Waals surface area contributed by atoms with Crippen LogP contribution in [0.3, 0.4) is 0 Å². The van der Waals surface area contributed by atoms with Gasteiger partial charge in [0.2, 0.25) is 0 Å². The van der Waals surface area contributed by atoms with Crippen LogP contribution in [0, 0.1) is 0 Å². The summed E-state index contributed by atoms with van der Waals surface area (Å²) in [5, 5.41) is 9.52. The molecule has 4 heteroatoms. The molecule has 0 saturated carbocycles. The SMILES string of the molecule is CC(O)c1ccc(C=O)c2c1OCCO2. The van der Waals surface area contributed by atoms with Crippen molar-refractivity contribution in [2.45, 2.75) is 13.0 Å². The molecule has 0 amide bonds. The van der Waals surface area contributed by atoms with Gasteiger partial charge in [0.05, 0.1) is 11.7 Å². The number of fused-ring (bicyclic) bond motifs is 1. The summed E-state index contributed by atoms with van der Waals surface area (Å²) in [5.74, 6) is 0.926. The molecule has 0 bridgehead atoms. The first kappa shape index (κ1) is 9.98. The number of rotatable bonds is 2. The summed E-state index contributed by atoms with van der Waals surface area (Å²) >= 11 is 0. The number of hydrogen-bond donors (Lipinski definition) is 1. The summed E-state index contributed by atoms with van der Waals surface area (Å²) < 4.78 is 10.8. The summed E-state index contributed by atoms with van der Waals surface area (Å²) in [6.07, 6.45) is 0.0837. The third-order valence-corrected chi connectivity index (χ3v) is 2.33. The third-order valence-electron chi connectivity index (χ3n) is 2.33. The van der Waals surface area contributed by atoms with E-state index in [-0.39, 0.29) is 0 Å². The van der Waals surface area contributed by atoms with Crippen LogP contribution in [0.1, 0.15) is 28.9 Å². The van der Waals surface area contributed by atoms with Crippen molar-refractivity contribution in [3.63, 3.8) is 0 Å². The van der Waals surface area contributed by atoms with Gasteiger partial charge in [0, 0.05) is 5.56 Å². The maximum atomic E-state index is 10.8. The number of hydrogen-bond acceptors (Lipinski definition) is 4. The molecule has 0 fully saturated rings. The van der Waals surface area contributed by atoms with Crippen molar-refractivity contribution in [1.82, 2.24) is 0 Å². The highest BCUT2D eigenvalue weighted by atomic mass is 16.6. The molecule has 15 heavy (non-hydrogen) atoms. The van der Waals surface area contributed by atoms with Crippen LogP contribution in [0.25, 0.3) is 0 Å². The zero-order chi connectivity index (χ0) is 10.8. The van der Waals surface area contributed by atoms with E-state index in [1.54, 1.807) is 19.1 Å². The van der Waals surface area contributed by atoms with Gasteiger partial charge in [-0.15, -0.1) is 0 Å². The Balaban J connectivity index is 2.57. The Labute approximate surface area is 87.4 Å². The highest BCUT2D eigenvalue weighted by Gasteiger charge is 2.21. The quantitative estimate of drug-likeness (QED) is 0.745. The predicted octanol–water partition coefficient (Wildman–Crippen LogP) is 1.32. The zero-order valence-electron chi connectivity index (χ0n) is 8.40. The van der Waals surface area contributed by atoms with Gasteiger partial charge in [-0.05, 0) is 13.0 Å². The Kier molecular flexibility index (Phi) is 2.60.